The average molecular weight is 349 g/mol. The molecule has 8 heteroatoms. The van der Waals surface area contributed by atoms with Crippen LogP contribution in [0, 0.1) is 13.8 Å². The first-order chi connectivity index (χ1) is 11.7. The van der Waals surface area contributed by atoms with Gasteiger partial charge in [-0.3, -0.25) is 4.90 Å². The first-order valence-electron chi connectivity index (χ1n) is 8.09. The molecule has 0 saturated carbocycles. The van der Waals surface area contributed by atoms with E-state index in [1.54, 1.807) is 19.1 Å². The number of benzene rings is 1. The molecule has 2 amide bonds. The zero-order chi connectivity index (χ0) is 18.4. The molecule has 136 valence electrons. The molecular weight excluding hydrogens is 326 g/mol. The minimum atomic E-state index is -1.36. The van der Waals surface area contributed by atoms with Crippen LogP contribution in [0.3, 0.4) is 0 Å². The number of nitrogens with one attached hydrogen (secondary N) is 1. The SMILES string of the molecule is Cc1cc(C)c(O)c(C2(N)C=CN([C@H]3C[C@H](O)[C@@H](CO)O3)C(=O)N2)c1. The van der Waals surface area contributed by atoms with Crippen LogP contribution in [0.2, 0.25) is 0 Å². The summed E-state index contributed by atoms with van der Waals surface area (Å²) in [6.45, 7) is 3.31. The quantitative estimate of drug-likeness (QED) is 0.528. The number of carbonyl (C=O) groups is 1. The summed E-state index contributed by atoms with van der Waals surface area (Å²) in [7, 11) is 0. The number of carbonyl (C=O) groups excluding carboxylic acids is 1. The summed E-state index contributed by atoms with van der Waals surface area (Å²) in [5, 5.41) is 32.0. The van der Waals surface area contributed by atoms with E-state index in [-0.39, 0.29) is 18.8 Å². The molecule has 0 spiro atoms. The Morgan fingerprint density at radius 1 is 1.44 bits per heavy atom. The second-order valence-corrected chi connectivity index (χ2v) is 6.61. The zero-order valence-corrected chi connectivity index (χ0v) is 14.1. The Kier molecular flexibility index (Phi) is 4.46. The summed E-state index contributed by atoms with van der Waals surface area (Å²) in [5.74, 6) is 0.0272. The standard InChI is InChI=1S/C17H23N3O5/c1-9-5-10(2)15(23)11(6-9)17(18)3-4-20(16(24)19-17)14-7-12(22)13(8-21)25-14/h3-6,12-14,21-23H,7-8,18H2,1-2H3,(H,19,24)/t12-,13+,14+,17?/m0/s1. The van der Waals surface area contributed by atoms with Crippen LogP contribution in [-0.2, 0) is 10.4 Å². The Morgan fingerprint density at radius 2 is 2.16 bits per heavy atom. The van der Waals surface area contributed by atoms with Gasteiger partial charge in [0.25, 0.3) is 0 Å². The van der Waals surface area contributed by atoms with Gasteiger partial charge in [0, 0.05) is 18.2 Å². The van der Waals surface area contributed by atoms with Crippen molar-refractivity contribution in [1.29, 1.82) is 0 Å². The number of hydrogen-bond donors (Lipinski definition) is 5. The lowest BCUT2D eigenvalue weighted by Crippen LogP contribution is -2.59. The molecule has 3 rings (SSSR count). The summed E-state index contributed by atoms with van der Waals surface area (Å²) < 4.78 is 5.49. The second-order valence-electron chi connectivity index (χ2n) is 6.61. The van der Waals surface area contributed by atoms with Crippen LogP contribution in [0.4, 0.5) is 4.79 Å². The predicted octanol–water partition coefficient (Wildman–Crippen LogP) is 0.128. The molecule has 2 aliphatic heterocycles. The van der Waals surface area contributed by atoms with E-state index in [1.165, 1.54) is 11.1 Å². The maximum Gasteiger partial charge on any atom is 0.325 e. The molecule has 2 heterocycles. The number of aliphatic hydroxyl groups excluding tert-OH is 2. The second kappa shape index (κ2) is 6.30. The molecule has 4 atom stereocenters. The molecule has 6 N–H and O–H groups in total. The largest absolute Gasteiger partial charge is 0.507 e. The molecule has 0 radical (unpaired) electrons. The molecule has 1 saturated heterocycles. The molecule has 2 aliphatic rings. The van der Waals surface area contributed by atoms with Crippen LogP contribution in [0.1, 0.15) is 23.1 Å². The Labute approximate surface area is 145 Å². The number of phenolic OH excluding ortho intramolecular Hbond substituents is 1. The number of urea groups is 1. The fraction of sp³-hybridized carbons (Fsp3) is 0.471. The molecule has 1 unspecified atom stereocenters. The van der Waals surface area contributed by atoms with Crippen molar-refractivity contribution in [3.8, 4) is 5.75 Å². The summed E-state index contributed by atoms with van der Waals surface area (Å²) in [4.78, 5) is 13.8. The van der Waals surface area contributed by atoms with E-state index in [1.807, 2.05) is 13.0 Å². The highest BCUT2D eigenvalue weighted by Crippen LogP contribution is 2.34. The normalized spacial score (nSPS) is 32.1. The first kappa shape index (κ1) is 17.7. The van der Waals surface area contributed by atoms with Crippen molar-refractivity contribution in [2.24, 2.45) is 5.73 Å². The van der Waals surface area contributed by atoms with Crippen molar-refractivity contribution in [3.63, 3.8) is 0 Å². The molecule has 8 nitrogen and oxygen atoms in total. The average Bonchev–Trinajstić information content (AvgIpc) is 2.91. The summed E-state index contributed by atoms with van der Waals surface area (Å²) >= 11 is 0. The van der Waals surface area contributed by atoms with Crippen molar-refractivity contribution in [2.75, 3.05) is 6.61 Å². The van der Waals surface area contributed by atoms with Crippen LogP contribution >= 0.6 is 0 Å². The van der Waals surface area contributed by atoms with Crippen LogP contribution in [0.15, 0.2) is 24.4 Å². The Balaban J connectivity index is 1.88. The third kappa shape index (κ3) is 3.09. The van der Waals surface area contributed by atoms with Gasteiger partial charge in [-0.05, 0) is 31.6 Å². The Bertz CT molecular complexity index is 722. The summed E-state index contributed by atoms with van der Waals surface area (Å²) in [6.07, 6.45) is 0.969. The van der Waals surface area contributed by atoms with Gasteiger partial charge in [0.1, 0.15) is 23.7 Å². The van der Waals surface area contributed by atoms with E-state index in [9.17, 15) is 15.0 Å². The molecule has 25 heavy (non-hydrogen) atoms. The maximum absolute atomic E-state index is 12.5. The smallest absolute Gasteiger partial charge is 0.325 e. The molecule has 1 aromatic rings. The van der Waals surface area contributed by atoms with Crippen LogP contribution in [0.25, 0.3) is 0 Å². The van der Waals surface area contributed by atoms with E-state index in [0.717, 1.165) is 5.56 Å². The number of ether oxygens (including phenoxy) is 1. The van der Waals surface area contributed by atoms with Gasteiger partial charge in [-0.2, -0.15) is 0 Å². The summed E-state index contributed by atoms with van der Waals surface area (Å²) in [5.41, 5.74) is 6.93. The Morgan fingerprint density at radius 3 is 2.76 bits per heavy atom. The third-order valence-corrected chi connectivity index (χ3v) is 4.63. The maximum atomic E-state index is 12.5. The lowest BCUT2D eigenvalue weighted by atomic mass is 9.94. The number of hydrogen-bond acceptors (Lipinski definition) is 6. The van der Waals surface area contributed by atoms with Gasteiger partial charge in [0.15, 0.2) is 0 Å². The van der Waals surface area contributed by atoms with E-state index in [2.05, 4.69) is 5.32 Å². The van der Waals surface area contributed by atoms with Crippen molar-refractivity contribution in [2.45, 2.75) is 44.4 Å². The highest BCUT2D eigenvalue weighted by atomic mass is 16.5. The number of aryl methyl sites for hydroxylation is 2. The highest BCUT2D eigenvalue weighted by molar-refractivity contribution is 5.79. The van der Waals surface area contributed by atoms with Gasteiger partial charge in [0.05, 0.1) is 12.7 Å². The number of rotatable bonds is 3. The summed E-state index contributed by atoms with van der Waals surface area (Å²) in [6, 6.07) is 3.03. The van der Waals surface area contributed by atoms with Crippen molar-refractivity contribution in [1.82, 2.24) is 10.2 Å². The van der Waals surface area contributed by atoms with Crippen LogP contribution in [0.5, 0.6) is 5.75 Å². The molecule has 1 fully saturated rings. The van der Waals surface area contributed by atoms with Crippen LogP contribution < -0.4 is 11.1 Å². The van der Waals surface area contributed by atoms with E-state index in [4.69, 9.17) is 15.6 Å². The monoisotopic (exact) mass is 349 g/mol. The number of nitrogens with zero attached hydrogens (tertiary/aromatic N) is 1. The molecular formula is C17H23N3O5. The molecule has 0 aromatic heterocycles. The molecule has 0 aliphatic carbocycles. The minimum Gasteiger partial charge on any atom is -0.507 e. The molecule has 1 aromatic carbocycles. The third-order valence-electron chi connectivity index (χ3n) is 4.63. The van der Waals surface area contributed by atoms with Gasteiger partial charge in [-0.15, -0.1) is 0 Å². The number of aliphatic hydroxyl groups is 2. The molecule has 0 bridgehead atoms. The van der Waals surface area contributed by atoms with Crippen LogP contribution in [-0.4, -0.2) is 51.3 Å². The van der Waals surface area contributed by atoms with E-state index in [0.29, 0.717) is 11.1 Å². The lowest BCUT2D eigenvalue weighted by Gasteiger charge is -2.37. The van der Waals surface area contributed by atoms with Gasteiger partial charge in [0.2, 0.25) is 0 Å². The lowest BCUT2D eigenvalue weighted by molar-refractivity contribution is -0.0549. The van der Waals surface area contributed by atoms with Gasteiger partial charge in [-0.25, -0.2) is 4.79 Å². The van der Waals surface area contributed by atoms with Gasteiger partial charge >= 0.3 is 6.03 Å². The number of aromatic hydroxyl groups is 1. The number of phenols is 1. The number of nitrogens with two attached hydrogens (primary N) is 1. The highest BCUT2D eigenvalue weighted by Gasteiger charge is 2.42. The number of amides is 2. The Hall–Kier alpha value is -2.13. The first-order valence-corrected chi connectivity index (χ1v) is 8.09. The predicted molar refractivity (Wildman–Crippen MR) is 89.3 cm³/mol. The topological polar surface area (TPSA) is 128 Å². The van der Waals surface area contributed by atoms with Gasteiger partial charge in [-0.1, -0.05) is 11.6 Å². The zero-order valence-electron chi connectivity index (χ0n) is 14.1. The van der Waals surface area contributed by atoms with Gasteiger partial charge < -0.3 is 31.1 Å². The fourth-order valence-corrected chi connectivity index (χ4v) is 3.26. The van der Waals surface area contributed by atoms with E-state index >= 15 is 0 Å². The van der Waals surface area contributed by atoms with Crippen molar-refractivity contribution < 1.29 is 24.9 Å². The van der Waals surface area contributed by atoms with Crippen molar-refractivity contribution >= 4 is 6.03 Å². The van der Waals surface area contributed by atoms with E-state index < -0.39 is 30.1 Å². The van der Waals surface area contributed by atoms with Crippen molar-refractivity contribution in [3.05, 3.63) is 41.1 Å². The minimum absolute atomic E-state index is 0.0272. The fourth-order valence-electron chi connectivity index (χ4n) is 3.26.